The Kier molecular flexibility index (Phi) is 4.66. The molecule has 1 saturated carbocycles. The van der Waals surface area contributed by atoms with Crippen molar-refractivity contribution in [2.75, 3.05) is 19.7 Å². The van der Waals surface area contributed by atoms with Crippen molar-refractivity contribution in [2.24, 2.45) is 11.7 Å². The molecule has 6 heteroatoms. The largest absolute Gasteiger partial charge is 0.367 e. The second-order valence-corrected chi connectivity index (χ2v) is 7.36. The lowest BCUT2D eigenvalue weighted by Crippen LogP contribution is -2.61. The van der Waals surface area contributed by atoms with Gasteiger partial charge in [0.25, 0.3) is 5.91 Å². The zero-order valence-electron chi connectivity index (χ0n) is 15.1. The molecule has 0 spiro atoms. The molecule has 1 aromatic carbocycles. The molecule has 2 amide bonds. The molecule has 1 atom stereocenters. The Balaban J connectivity index is 1.58. The van der Waals surface area contributed by atoms with Crippen LogP contribution in [0.4, 0.5) is 0 Å². The Hall–Kier alpha value is -2.73. The van der Waals surface area contributed by atoms with Gasteiger partial charge in [-0.3, -0.25) is 14.6 Å². The predicted molar refractivity (Wildman–Crippen MR) is 101 cm³/mol. The number of hydrogen-bond donors (Lipinski definition) is 1. The molecule has 140 valence electrons. The van der Waals surface area contributed by atoms with Gasteiger partial charge in [0.1, 0.15) is 0 Å². The number of carbonyl (C=O) groups is 2. The number of carbonyl (C=O) groups excluding carboxylic acids is 2. The van der Waals surface area contributed by atoms with Gasteiger partial charge in [-0.25, -0.2) is 0 Å². The highest BCUT2D eigenvalue weighted by atomic mass is 16.5. The quantitative estimate of drug-likeness (QED) is 0.875. The predicted octanol–water partition coefficient (Wildman–Crippen LogP) is 1.78. The minimum atomic E-state index is -1.18. The molecule has 1 aliphatic heterocycles. The van der Waals surface area contributed by atoms with Gasteiger partial charge in [-0.2, -0.15) is 0 Å². The lowest BCUT2D eigenvalue weighted by Gasteiger charge is -2.41. The smallest absolute Gasteiger partial charge is 0.251 e. The van der Waals surface area contributed by atoms with E-state index >= 15 is 0 Å². The summed E-state index contributed by atoms with van der Waals surface area (Å²) in [5.74, 6) is -0.293. The Labute approximate surface area is 158 Å². The molecule has 27 heavy (non-hydrogen) atoms. The highest BCUT2D eigenvalue weighted by Crippen LogP contribution is 2.33. The summed E-state index contributed by atoms with van der Waals surface area (Å²) < 4.78 is 5.88. The molecule has 6 nitrogen and oxygen atoms in total. The molecule has 1 saturated heterocycles. The van der Waals surface area contributed by atoms with E-state index in [1.165, 1.54) is 0 Å². The number of ether oxygens (including phenoxy) is 1. The highest BCUT2D eigenvalue weighted by molar-refractivity contribution is 5.87. The second kappa shape index (κ2) is 7.12. The Morgan fingerprint density at radius 1 is 1.22 bits per heavy atom. The zero-order valence-corrected chi connectivity index (χ0v) is 15.1. The molecule has 2 aliphatic rings. The molecule has 2 heterocycles. The Morgan fingerprint density at radius 2 is 2.04 bits per heavy atom. The van der Waals surface area contributed by atoms with Crippen molar-refractivity contribution in [3.8, 4) is 11.1 Å². The maximum Gasteiger partial charge on any atom is 0.251 e. The van der Waals surface area contributed by atoms with Gasteiger partial charge >= 0.3 is 0 Å². The van der Waals surface area contributed by atoms with Crippen molar-refractivity contribution in [2.45, 2.75) is 24.9 Å². The van der Waals surface area contributed by atoms with E-state index in [1.54, 1.807) is 17.3 Å². The summed E-state index contributed by atoms with van der Waals surface area (Å²) in [5.41, 5.74) is 7.52. The van der Waals surface area contributed by atoms with Crippen molar-refractivity contribution in [3.63, 3.8) is 0 Å². The lowest BCUT2D eigenvalue weighted by molar-refractivity contribution is -0.164. The molecular weight excluding hydrogens is 342 g/mol. The van der Waals surface area contributed by atoms with Crippen molar-refractivity contribution >= 4 is 11.8 Å². The third kappa shape index (κ3) is 3.71. The number of amides is 2. The number of benzene rings is 1. The fraction of sp³-hybridized carbons (Fsp3) is 0.381. The number of primary amides is 1. The van der Waals surface area contributed by atoms with E-state index in [9.17, 15) is 9.59 Å². The maximum atomic E-state index is 12.5. The molecule has 2 fully saturated rings. The molecular formula is C21H23N3O3. The Morgan fingerprint density at radius 3 is 2.74 bits per heavy atom. The fourth-order valence-corrected chi connectivity index (χ4v) is 3.63. The van der Waals surface area contributed by atoms with Crippen LogP contribution >= 0.6 is 0 Å². The highest BCUT2D eigenvalue weighted by Gasteiger charge is 2.45. The summed E-state index contributed by atoms with van der Waals surface area (Å²) in [4.78, 5) is 30.7. The first kappa shape index (κ1) is 17.7. The number of nitrogens with two attached hydrogens (primary N) is 1. The van der Waals surface area contributed by atoms with Crippen LogP contribution in [0.1, 0.15) is 18.4 Å². The summed E-state index contributed by atoms with van der Waals surface area (Å²) >= 11 is 0. The third-order valence-electron chi connectivity index (χ3n) is 5.28. The summed E-state index contributed by atoms with van der Waals surface area (Å²) in [6.07, 6.45) is 5.75. The first-order valence-electron chi connectivity index (χ1n) is 9.29. The van der Waals surface area contributed by atoms with Gasteiger partial charge in [0, 0.05) is 31.3 Å². The second-order valence-electron chi connectivity index (χ2n) is 7.36. The van der Waals surface area contributed by atoms with Crippen LogP contribution in [0.3, 0.4) is 0 Å². The van der Waals surface area contributed by atoms with Crippen LogP contribution in [0, 0.1) is 5.92 Å². The Bertz CT molecular complexity index is 851. The van der Waals surface area contributed by atoms with Gasteiger partial charge < -0.3 is 15.4 Å². The molecule has 0 unspecified atom stereocenters. The van der Waals surface area contributed by atoms with E-state index in [-0.39, 0.29) is 18.4 Å². The van der Waals surface area contributed by atoms with E-state index in [0.29, 0.717) is 19.6 Å². The molecule has 1 aliphatic carbocycles. The minimum Gasteiger partial charge on any atom is -0.367 e. The van der Waals surface area contributed by atoms with E-state index in [1.807, 2.05) is 36.4 Å². The molecule has 4 rings (SSSR count). The van der Waals surface area contributed by atoms with Crippen LogP contribution in [0.15, 0.2) is 48.8 Å². The average molecular weight is 365 g/mol. The topological polar surface area (TPSA) is 85.5 Å². The van der Waals surface area contributed by atoms with Crippen molar-refractivity contribution < 1.29 is 14.3 Å². The van der Waals surface area contributed by atoms with Crippen LogP contribution in [-0.2, 0) is 20.7 Å². The van der Waals surface area contributed by atoms with Gasteiger partial charge in [-0.15, -0.1) is 0 Å². The normalized spacial score (nSPS) is 22.4. The number of pyridine rings is 1. The first-order valence-corrected chi connectivity index (χ1v) is 9.29. The van der Waals surface area contributed by atoms with Gasteiger partial charge in [0.2, 0.25) is 5.91 Å². The fourth-order valence-electron chi connectivity index (χ4n) is 3.63. The summed E-state index contributed by atoms with van der Waals surface area (Å²) in [7, 11) is 0. The lowest BCUT2D eigenvalue weighted by atomic mass is 9.90. The van der Waals surface area contributed by atoms with Gasteiger partial charge in [-0.1, -0.05) is 30.3 Å². The van der Waals surface area contributed by atoms with Gasteiger partial charge in [0.05, 0.1) is 13.2 Å². The molecule has 0 bridgehead atoms. The van der Waals surface area contributed by atoms with Crippen LogP contribution in [0.5, 0.6) is 0 Å². The minimum absolute atomic E-state index is 0.114. The molecule has 2 aromatic rings. The number of nitrogens with zero attached hydrogens (tertiary/aromatic N) is 2. The van der Waals surface area contributed by atoms with E-state index < -0.39 is 11.5 Å². The zero-order chi connectivity index (χ0) is 18.9. The molecule has 2 N–H and O–H groups in total. The summed E-state index contributed by atoms with van der Waals surface area (Å²) in [6, 6.07) is 11.8. The summed E-state index contributed by atoms with van der Waals surface area (Å²) in [6.45, 7) is 1.05. The average Bonchev–Trinajstić information content (AvgIpc) is 3.54. The number of aromatic nitrogens is 1. The van der Waals surface area contributed by atoms with Crippen molar-refractivity contribution in [3.05, 3.63) is 54.4 Å². The number of hydrogen-bond acceptors (Lipinski definition) is 4. The van der Waals surface area contributed by atoms with Gasteiger partial charge in [-0.05, 0) is 35.6 Å². The van der Waals surface area contributed by atoms with Crippen molar-refractivity contribution in [1.82, 2.24) is 9.88 Å². The standard InChI is InChI=1S/C21H23N3O3/c22-20(26)21(14-24(9-10-27-21)19(25)16-6-7-16)12-15-3-1-4-17(11-15)18-5-2-8-23-13-18/h1-5,8,11,13,16H,6-7,9-10,12,14H2,(H2,22,26)/t21-/m1/s1. The molecule has 1 aromatic heterocycles. The maximum absolute atomic E-state index is 12.5. The monoisotopic (exact) mass is 365 g/mol. The van der Waals surface area contributed by atoms with Crippen LogP contribution in [0.25, 0.3) is 11.1 Å². The van der Waals surface area contributed by atoms with Crippen LogP contribution < -0.4 is 5.73 Å². The summed E-state index contributed by atoms with van der Waals surface area (Å²) in [5, 5.41) is 0. The first-order chi connectivity index (χ1) is 13.1. The third-order valence-corrected chi connectivity index (χ3v) is 5.28. The number of rotatable bonds is 5. The SMILES string of the molecule is NC(=O)[C@@]1(Cc2cccc(-c3cccnc3)c2)CN(C(=O)C2CC2)CCO1. The van der Waals surface area contributed by atoms with E-state index in [2.05, 4.69) is 4.98 Å². The number of morpholine rings is 1. The molecule has 0 radical (unpaired) electrons. The van der Waals surface area contributed by atoms with Crippen LogP contribution in [-0.4, -0.2) is 47.0 Å². The van der Waals surface area contributed by atoms with E-state index in [0.717, 1.165) is 29.5 Å². The van der Waals surface area contributed by atoms with Gasteiger partial charge in [0.15, 0.2) is 5.60 Å². The van der Waals surface area contributed by atoms with E-state index in [4.69, 9.17) is 10.5 Å². The van der Waals surface area contributed by atoms with Crippen molar-refractivity contribution in [1.29, 1.82) is 0 Å². The van der Waals surface area contributed by atoms with Crippen LogP contribution in [0.2, 0.25) is 0 Å².